The van der Waals surface area contributed by atoms with E-state index >= 15 is 0 Å². The molecule has 2 heteroatoms. The second-order valence-electron chi connectivity index (χ2n) is 3.25. The van der Waals surface area contributed by atoms with E-state index in [9.17, 15) is 0 Å². The Bertz CT molecular complexity index is 191. The highest BCUT2D eigenvalue weighted by molar-refractivity contribution is 7.10. The van der Waals surface area contributed by atoms with Gasteiger partial charge in [0.15, 0.2) is 0 Å². The molecule has 1 aromatic heterocycles. The summed E-state index contributed by atoms with van der Waals surface area (Å²) in [5.41, 5.74) is 5.95. The van der Waals surface area contributed by atoms with E-state index < -0.39 is 0 Å². The van der Waals surface area contributed by atoms with Gasteiger partial charge >= 0.3 is 0 Å². The first-order chi connectivity index (χ1) is 5.20. The van der Waals surface area contributed by atoms with Crippen LogP contribution in [0.15, 0.2) is 17.5 Å². The predicted molar refractivity (Wildman–Crippen MR) is 50.7 cm³/mol. The van der Waals surface area contributed by atoms with E-state index in [0.29, 0.717) is 5.92 Å². The predicted octanol–water partition coefficient (Wildman–Crippen LogP) is 2.79. The Morgan fingerprint density at radius 2 is 2.27 bits per heavy atom. The fraction of sp³-hybridized carbons (Fsp3) is 0.556. The van der Waals surface area contributed by atoms with Gasteiger partial charge < -0.3 is 5.73 Å². The lowest BCUT2D eigenvalue weighted by Crippen LogP contribution is -2.11. The molecule has 11 heavy (non-hydrogen) atoms. The molecule has 1 nitrogen and oxygen atoms in total. The molecule has 1 rings (SSSR count). The molecule has 0 bridgehead atoms. The summed E-state index contributed by atoms with van der Waals surface area (Å²) < 4.78 is 0. The van der Waals surface area contributed by atoms with Crippen LogP contribution < -0.4 is 5.73 Å². The summed E-state index contributed by atoms with van der Waals surface area (Å²) in [4.78, 5) is 1.30. The van der Waals surface area contributed by atoms with Crippen LogP contribution >= 0.6 is 11.3 Å². The minimum absolute atomic E-state index is 0.245. The highest BCUT2D eigenvalue weighted by Crippen LogP contribution is 2.22. The number of rotatable bonds is 3. The second kappa shape index (κ2) is 3.88. The molecule has 0 spiro atoms. The first-order valence-electron chi connectivity index (χ1n) is 3.99. The van der Waals surface area contributed by atoms with Crippen LogP contribution in [0.25, 0.3) is 0 Å². The van der Waals surface area contributed by atoms with E-state index in [0.717, 1.165) is 6.42 Å². The molecule has 1 heterocycles. The fourth-order valence-corrected chi connectivity index (χ4v) is 1.87. The maximum Gasteiger partial charge on any atom is 0.0392 e. The molecule has 62 valence electrons. The first-order valence-corrected chi connectivity index (χ1v) is 4.87. The molecule has 0 saturated carbocycles. The molecule has 1 aromatic rings. The Kier molecular flexibility index (Phi) is 3.09. The maximum atomic E-state index is 5.95. The second-order valence-corrected chi connectivity index (χ2v) is 4.23. The lowest BCUT2D eigenvalue weighted by molar-refractivity contribution is 0.515. The minimum atomic E-state index is 0.245. The van der Waals surface area contributed by atoms with Crippen molar-refractivity contribution in [3.8, 4) is 0 Å². The zero-order valence-electron chi connectivity index (χ0n) is 7.08. The summed E-state index contributed by atoms with van der Waals surface area (Å²) >= 11 is 1.75. The molecule has 0 aliphatic carbocycles. The molecular formula is C9H15NS. The van der Waals surface area contributed by atoms with Gasteiger partial charge in [0.05, 0.1) is 0 Å². The quantitative estimate of drug-likeness (QED) is 0.739. The Morgan fingerprint density at radius 1 is 1.55 bits per heavy atom. The van der Waals surface area contributed by atoms with Gasteiger partial charge in [0.25, 0.3) is 0 Å². The van der Waals surface area contributed by atoms with Crippen LogP contribution in [-0.2, 0) is 0 Å². The third-order valence-corrected chi connectivity index (χ3v) is 2.64. The molecule has 0 saturated heterocycles. The molecule has 1 atom stereocenters. The van der Waals surface area contributed by atoms with E-state index in [-0.39, 0.29) is 6.04 Å². The number of thiophene rings is 1. The van der Waals surface area contributed by atoms with Crippen molar-refractivity contribution < 1.29 is 0 Å². The Morgan fingerprint density at radius 3 is 2.73 bits per heavy atom. The van der Waals surface area contributed by atoms with Crippen LogP contribution in [0.3, 0.4) is 0 Å². The van der Waals surface area contributed by atoms with E-state index in [1.807, 2.05) is 0 Å². The molecule has 0 radical (unpaired) electrons. The van der Waals surface area contributed by atoms with Crippen LogP contribution in [0.2, 0.25) is 0 Å². The summed E-state index contributed by atoms with van der Waals surface area (Å²) in [6.07, 6.45) is 1.08. The van der Waals surface area contributed by atoms with Crippen LogP contribution in [-0.4, -0.2) is 0 Å². The SMILES string of the molecule is CC(C)C[C@@H](N)c1cccs1. The van der Waals surface area contributed by atoms with Crippen molar-refractivity contribution in [2.45, 2.75) is 26.3 Å². The van der Waals surface area contributed by atoms with E-state index in [1.165, 1.54) is 4.88 Å². The monoisotopic (exact) mass is 169 g/mol. The minimum Gasteiger partial charge on any atom is -0.323 e. The largest absolute Gasteiger partial charge is 0.323 e. The van der Waals surface area contributed by atoms with Crippen molar-refractivity contribution in [3.05, 3.63) is 22.4 Å². The van der Waals surface area contributed by atoms with E-state index in [4.69, 9.17) is 5.73 Å². The summed E-state index contributed by atoms with van der Waals surface area (Å²) in [5.74, 6) is 0.687. The van der Waals surface area contributed by atoms with Gasteiger partial charge in [0, 0.05) is 10.9 Å². The normalized spacial score (nSPS) is 13.8. The van der Waals surface area contributed by atoms with Crippen molar-refractivity contribution in [1.29, 1.82) is 0 Å². The summed E-state index contributed by atoms with van der Waals surface area (Å²) in [6.45, 7) is 4.40. The van der Waals surface area contributed by atoms with E-state index in [1.54, 1.807) is 11.3 Å². The van der Waals surface area contributed by atoms with Crippen molar-refractivity contribution >= 4 is 11.3 Å². The molecular weight excluding hydrogens is 154 g/mol. The van der Waals surface area contributed by atoms with Crippen molar-refractivity contribution in [1.82, 2.24) is 0 Å². The molecule has 0 aliphatic heterocycles. The van der Waals surface area contributed by atoms with Crippen molar-refractivity contribution in [2.24, 2.45) is 11.7 Å². The van der Waals surface area contributed by atoms with Crippen LogP contribution in [0.1, 0.15) is 31.2 Å². The number of hydrogen-bond donors (Lipinski definition) is 1. The van der Waals surface area contributed by atoms with Gasteiger partial charge in [0.1, 0.15) is 0 Å². The topological polar surface area (TPSA) is 26.0 Å². The summed E-state index contributed by atoms with van der Waals surface area (Å²) in [6, 6.07) is 4.41. The van der Waals surface area contributed by atoms with Gasteiger partial charge in [0.2, 0.25) is 0 Å². The first kappa shape index (κ1) is 8.75. The smallest absolute Gasteiger partial charge is 0.0392 e. The van der Waals surface area contributed by atoms with E-state index in [2.05, 4.69) is 31.4 Å². The van der Waals surface area contributed by atoms with Gasteiger partial charge in [-0.2, -0.15) is 0 Å². The maximum absolute atomic E-state index is 5.95. The van der Waals surface area contributed by atoms with Crippen LogP contribution in [0, 0.1) is 5.92 Å². The van der Waals surface area contributed by atoms with Gasteiger partial charge in [-0.05, 0) is 23.8 Å². The van der Waals surface area contributed by atoms with Gasteiger partial charge in [-0.15, -0.1) is 11.3 Å². The highest BCUT2D eigenvalue weighted by Gasteiger charge is 2.07. The zero-order valence-corrected chi connectivity index (χ0v) is 7.90. The fourth-order valence-electron chi connectivity index (χ4n) is 1.13. The number of hydrogen-bond acceptors (Lipinski definition) is 2. The van der Waals surface area contributed by atoms with Crippen molar-refractivity contribution in [3.63, 3.8) is 0 Å². The van der Waals surface area contributed by atoms with Crippen molar-refractivity contribution in [2.75, 3.05) is 0 Å². The molecule has 2 N–H and O–H groups in total. The lowest BCUT2D eigenvalue weighted by Gasteiger charge is -2.11. The third-order valence-electron chi connectivity index (χ3n) is 1.63. The standard InChI is InChI=1S/C9H15NS/c1-7(2)6-8(10)9-4-3-5-11-9/h3-5,7-8H,6,10H2,1-2H3/t8-/m1/s1. The number of nitrogens with two attached hydrogens (primary N) is 1. The van der Waals surface area contributed by atoms with Gasteiger partial charge in [-0.25, -0.2) is 0 Å². The highest BCUT2D eigenvalue weighted by atomic mass is 32.1. The van der Waals surface area contributed by atoms with Crippen LogP contribution in [0.4, 0.5) is 0 Å². The molecule has 0 aliphatic rings. The van der Waals surface area contributed by atoms with Gasteiger partial charge in [-0.1, -0.05) is 19.9 Å². The molecule has 0 fully saturated rings. The average Bonchev–Trinajstić information content (AvgIpc) is 2.35. The Hall–Kier alpha value is -0.340. The average molecular weight is 169 g/mol. The third kappa shape index (κ3) is 2.64. The Labute approximate surface area is 72.2 Å². The zero-order chi connectivity index (χ0) is 8.27. The summed E-state index contributed by atoms with van der Waals surface area (Å²) in [7, 11) is 0. The molecule has 0 amide bonds. The lowest BCUT2D eigenvalue weighted by atomic mass is 10.0. The Balaban J connectivity index is 2.49. The van der Waals surface area contributed by atoms with Gasteiger partial charge in [-0.3, -0.25) is 0 Å². The van der Waals surface area contributed by atoms with Crippen LogP contribution in [0.5, 0.6) is 0 Å². The molecule has 0 aromatic carbocycles. The summed E-state index contributed by atoms with van der Waals surface area (Å²) in [5, 5.41) is 2.08. The molecule has 0 unspecified atom stereocenters.